The first-order chi connectivity index (χ1) is 11.6. The SMILES string of the molecule is O=C1OC(=O)C2C3CC(C12)C1C3C2C3CC(C4C(=O)OC(=O)C34)C12. The molecule has 124 valence electrons. The van der Waals surface area contributed by atoms with Crippen LogP contribution < -0.4 is 0 Å². The van der Waals surface area contributed by atoms with Gasteiger partial charge in [0.2, 0.25) is 0 Å². The molecule has 5 aliphatic carbocycles. The molecule has 0 amide bonds. The van der Waals surface area contributed by atoms with Crippen molar-refractivity contribution < 1.29 is 28.7 Å². The van der Waals surface area contributed by atoms with Crippen LogP contribution in [0.1, 0.15) is 12.8 Å². The average Bonchev–Trinajstić information content (AvgIpc) is 3.25. The number of hydrogen-bond acceptors (Lipinski definition) is 6. The second-order valence-electron chi connectivity index (χ2n) is 9.02. The molecule has 7 aliphatic rings. The van der Waals surface area contributed by atoms with E-state index in [0.717, 1.165) is 12.8 Å². The first-order valence-corrected chi connectivity index (χ1v) is 9.09. The van der Waals surface area contributed by atoms with Crippen molar-refractivity contribution in [3.63, 3.8) is 0 Å². The van der Waals surface area contributed by atoms with E-state index in [9.17, 15) is 19.2 Å². The van der Waals surface area contributed by atoms with Gasteiger partial charge in [0.05, 0.1) is 23.7 Å². The first-order valence-electron chi connectivity index (χ1n) is 9.09. The predicted octanol–water partition coefficient (Wildman–Crippen LogP) is 0.396. The minimum absolute atomic E-state index is 0.239. The van der Waals surface area contributed by atoms with Gasteiger partial charge in [0.1, 0.15) is 0 Å². The third-order valence-electron chi connectivity index (χ3n) is 8.95. The van der Waals surface area contributed by atoms with Crippen molar-refractivity contribution in [2.45, 2.75) is 12.8 Å². The molecule has 2 saturated heterocycles. The maximum Gasteiger partial charge on any atom is 0.317 e. The van der Waals surface area contributed by atoms with Crippen LogP contribution in [0.4, 0.5) is 0 Å². The summed E-state index contributed by atoms with van der Waals surface area (Å²) in [5, 5.41) is 0. The van der Waals surface area contributed by atoms with Crippen molar-refractivity contribution in [1.29, 1.82) is 0 Å². The Morgan fingerprint density at radius 2 is 0.750 bits per heavy atom. The molecule has 24 heavy (non-hydrogen) atoms. The molecule has 0 spiro atoms. The maximum atomic E-state index is 12.1. The lowest BCUT2D eigenvalue weighted by Crippen LogP contribution is -2.59. The van der Waals surface area contributed by atoms with Gasteiger partial charge in [0.25, 0.3) is 0 Å². The summed E-state index contributed by atoms with van der Waals surface area (Å²) >= 11 is 0. The van der Waals surface area contributed by atoms with E-state index in [4.69, 9.17) is 9.47 Å². The number of cyclic esters (lactones) is 4. The Hall–Kier alpha value is -1.72. The third-order valence-corrected chi connectivity index (χ3v) is 8.95. The number of fused-ring (bicyclic) bond motifs is 18. The average molecular weight is 328 g/mol. The quantitative estimate of drug-likeness (QED) is 0.363. The van der Waals surface area contributed by atoms with Gasteiger partial charge in [-0.1, -0.05) is 0 Å². The smallest absolute Gasteiger partial charge is 0.317 e. The molecule has 7 rings (SSSR count). The summed E-state index contributed by atoms with van der Waals surface area (Å²) in [6, 6.07) is 0. The summed E-state index contributed by atoms with van der Waals surface area (Å²) in [6.45, 7) is 0. The highest BCUT2D eigenvalue weighted by Crippen LogP contribution is 2.80. The number of hydrogen-bond donors (Lipinski definition) is 0. The highest BCUT2D eigenvalue weighted by atomic mass is 16.6. The molecule has 0 radical (unpaired) electrons. The summed E-state index contributed by atoms with van der Waals surface area (Å²) < 4.78 is 9.86. The van der Waals surface area contributed by atoms with E-state index in [2.05, 4.69) is 0 Å². The Kier molecular flexibility index (Phi) is 1.82. The van der Waals surface area contributed by atoms with Crippen LogP contribution in [0.2, 0.25) is 0 Å². The summed E-state index contributed by atoms with van der Waals surface area (Å²) in [7, 11) is 0. The van der Waals surface area contributed by atoms with E-state index in [1.807, 2.05) is 0 Å². The Morgan fingerprint density at radius 3 is 1.00 bits per heavy atom. The van der Waals surface area contributed by atoms with Gasteiger partial charge in [-0.3, -0.25) is 19.2 Å². The lowest BCUT2D eigenvalue weighted by molar-refractivity contribution is -0.159. The number of esters is 4. The first kappa shape index (κ1) is 12.6. The Balaban J connectivity index is 1.30. The second-order valence-corrected chi connectivity index (χ2v) is 9.02. The van der Waals surface area contributed by atoms with Crippen LogP contribution in [0.15, 0.2) is 0 Å². The molecule has 0 aromatic carbocycles. The summed E-state index contributed by atoms with van der Waals surface area (Å²) in [5.41, 5.74) is 0. The highest BCUT2D eigenvalue weighted by molar-refractivity contribution is 5.99. The Labute approximate surface area is 137 Å². The predicted molar refractivity (Wildman–Crippen MR) is 73.3 cm³/mol. The van der Waals surface area contributed by atoms with E-state index in [1.165, 1.54) is 0 Å². The Morgan fingerprint density at radius 1 is 0.500 bits per heavy atom. The van der Waals surface area contributed by atoms with Crippen LogP contribution in [0.25, 0.3) is 0 Å². The third kappa shape index (κ3) is 1.01. The van der Waals surface area contributed by atoms with Gasteiger partial charge in [0, 0.05) is 0 Å². The molecule has 6 heteroatoms. The monoisotopic (exact) mass is 328 g/mol. The van der Waals surface area contributed by atoms with Gasteiger partial charge >= 0.3 is 23.9 Å². The molecule has 4 bridgehead atoms. The molecule has 0 aromatic heterocycles. The summed E-state index contributed by atoms with van der Waals surface area (Å²) in [4.78, 5) is 48.4. The standard InChI is InChI=1S/C18H16O6/c19-15-11-3-1-4(12(11)16(20)23-15)8-7(3)9-5-2-6(10(8)9)14-13(5)17(21)24-18(14)22/h3-14H,1-2H2. The molecule has 7 fully saturated rings. The number of ether oxygens (including phenoxy) is 2. The van der Waals surface area contributed by atoms with Gasteiger partial charge in [-0.05, 0) is 60.2 Å². The van der Waals surface area contributed by atoms with Crippen molar-refractivity contribution in [3.8, 4) is 0 Å². The lowest BCUT2D eigenvalue weighted by Gasteiger charge is -2.59. The molecular formula is C18H16O6. The zero-order valence-corrected chi connectivity index (χ0v) is 12.8. The van der Waals surface area contributed by atoms with Crippen molar-refractivity contribution in [1.82, 2.24) is 0 Å². The lowest BCUT2D eigenvalue weighted by atomic mass is 9.43. The van der Waals surface area contributed by atoms with Crippen LogP contribution in [0.5, 0.6) is 0 Å². The van der Waals surface area contributed by atoms with Gasteiger partial charge in [-0.2, -0.15) is 0 Å². The minimum atomic E-state index is -0.323. The van der Waals surface area contributed by atoms with Crippen LogP contribution >= 0.6 is 0 Å². The fourth-order valence-electron chi connectivity index (χ4n) is 8.79. The summed E-state index contributed by atoms with van der Waals surface area (Å²) in [6.07, 6.45) is 1.90. The van der Waals surface area contributed by atoms with E-state index in [0.29, 0.717) is 23.7 Å². The largest absolute Gasteiger partial charge is 0.393 e. The van der Waals surface area contributed by atoms with Crippen molar-refractivity contribution >= 4 is 23.9 Å². The van der Waals surface area contributed by atoms with E-state index in [1.54, 1.807) is 0 Å². The molecule has 0 N–H and O–H groups in total. The second kappa shape index (κ2) is 3.46. The Bertz CT molecular complexity index is 639. The van der Waals surface area contributed by atoms with E-state index >= 15 is 0 Å². The fourth-order valence-corrected chi connectivity index (χ4v) is 8.79. The van der Waals surface area contributed by atoms with Crippen LogP contribution in [-0.4, -0.2) is 23.9 Å². The van der Waals surface area contributed by atoms with Crippen molar-refractivity contribution in [2.24, 2.45) is 71.0 Å². The molecular weight excluding hydrogens is 312 g/mol. The van der Waals surface area contributed by atoms with Crippen molar-refractivity contribution in [2.75, 3.05) is 0 Å². The molecule has 5 saturated carbocycles. The van der Waals surface area contributed by atoms with Crippen molar-refractivity contribution in [3.05, 3.63) is 0 Å². The zero-order chi connectivity index (χ0) is 16.1. The van der Waals surface area contributed by atoms with Crippen LogP contribution in [0, 0.1) is 71.0 Å². The molecule has 8 atom stereocenters. The van der Waals surface area contributed by atoms with Crippen LogP contribution in [0.3, 0.4) is 0 Å². The zero-order valence-electron chi connectivity index (χ0n) is 12.8. The number of carbonyl (C=O) groups is 4. The van der Waals surface area contributed by atoms with Gasteiger partial charge in [-0.15, -0.1) is 0 Å². The summed E-state index contributed by atoms with van der Waals surface area (Å²) in [5.74, 6) is 0.511. The normalized spacial score (nSPS) is 63.7. The van der Waals surface area contributed by atoms with Gasteiger partial charge in [0.15, 0.2) is 0 Å². The molecule has 2 heterocycles. The van der Waals surface area contributed by atoms with Gasteiger partial charge in [-0.25, -0.2) is 0 Å². The maximum absolute atomic E-state index is 12.1. The van der Waals surface area contributed by atoms with Crippen LogP contribution in [-0.2, 0) is 28.7 Å². The number of carbonyl (C=O) groups excluding carboxylic acids is 4. The topological polar surface area (TPSA) is 86.7 Å². The molecule has 2 aliphatic heterocycles. The van der Waals surface area contributed by atoms with Gasteiger partial charge < -0.3 is 9.47 Å². The van der Waals surface area contributed by atoms with E-state index < -0.39 is 0 Å². The van der Waals surface area contributed by atoms with E-state index in [-0.39, 0.29) is 71.2 Å². The minimum Gasteiger partial charge on any atom is -0.393 e. The molecule has 0 aromatic rings. The molecule has 6 nitrogen and oxygen atoms in total. The highest BCUT2D eigenvalue weighted by Gasteiger charge is 2.81. The number of rotatable bonds is 0. The fraction of sp³-hybridized carbons (Fsp3) is 0.778. The molecule has 8 unspecified atom stereocenters.